The average molecular weight is 519 g/mol. The first-order valence-electron chi connectivity index (χ1n) is 7.49. The number of carbonyl (C=O) groups is 2. The topological polar surface area (TPSA) is 77.8 Å². The van der Waals surface area contributed by atoms with Crippen LogP contribution in [0.2, 0.25) is 0 Å². The summed E-state index contributed by atoms with van der Waals surface area (Å²) in [4.78, 5) is 26.8. The minimum Gasteiger partial charge on any atom is -0.366 e. The van der Waals surface area contributed by atoms with E-state index in [1.165, 1.54) is 0 Å². The minimum absolute atomic E-state index is 0. The van der Waals surface area contributed by atoms with E-state index >= 15 is 0 Å². The molecule has 2 amide bonds. The van der Waals surface area contributed by atoms with E-state index in [0.717, 1.165) is 10.3 Å². The third kappa shape index (κ3) is 3.61. The molecule has 1 unspecified atom stereocenters. The molecule has 0 aliphatic carbocycles. The molecule has 0 aromatic heterocycles. The first-order chi connectivity index (χ1) is 10.7. The molecule has 2 radical (unpaired) electrons. The van der Waals surface area contributed by atoms with Gasteiger partial charge in [-0.1, -0.05) is 45.0 Å². The summed E-state index contributed by atoms with van der Waals surface area (Å²) in [6.07, 6.45) is -1.81. The number of aliphatic hydroxyl groups excluding tert-OH is 1. The predicted molar refractivity (Wildman–Crippen MR) is 85.9 cm³/mol. The number of carbonyl (C=O) groups excluding carboxylic acids is 2. The van der Waals surface area contributed by atoms with Crippen LogP contribution in [0.15, 0.2) is 36.4 Å². The van der Waals surface area contributed by atoms with Gasteiger partial charge < -0.3 is 10.2 Å². The number of hydrogen-bond acceptors (Lipinski definition) is 4. The van der Waals surface area contributed by atoms with Crippen molar-refractivity contribution in [2.45, 2.75) is 33.1 Å². The van der Waals surface area contributed by atoms with Crippen LogP contribution in [0.3, 0.4) is 0 Å². The molecule has 1 aliphatic heterocycles. The largest absolute Gasteiger partial charge is 0.366 e. The smallest absolute Gasteiger partial charge is 0.261 e. The first-order valence-corrected chi connectivity index (χ1v) is 7.49. The van der Waals surface area contributed by atoms with Crippen molar-refractivity contribution in [1.29, 1.82) is 0 Å². The third-order valence-electron chi connectivity index (χ3n) is 4.25. The van der Waals surface area contributed by atoms with Crippen molar-refractivity contribution < 1.29 is 58.8 Å². The van der Waals surface area contributed by atoms with E-state index in [0.29, 0.717) is 16.5 Å². The molecule has 2 aromatic rings. The zero-order chi connectivity index (χ0) is 16.9. The van der Waals surface area contributed by atoms with Crippen LogP contribution in [0.25, 0.3) is 10.8 Å². The van der Waals surface area contributed by atoms with Gasteiger partial charge in [0.1, 0.15) is 0 Å². The number of aliphatic hydroxyl groups is 2. The Labute approximate surface area is 171 Å². The molecule has 1 atom stereocenters. The molecule has 1 aliphatic rings. The van der Waals surface area contributed by atoms with Gasteiger partial charge in [0, 0.05) is 55.5 Å². The predicted octanol–water partition coefficient (Wildman–Crippen LogP) is 2.16. The number of hydrogen-bond donors (Lipinski definition) is 2. The summed E-state index contributed by atoms with van der Waals surface area (Å²) in [6.45, 7) is 5.29. The second-order valence-corrected chi connectivity index (χ2v) is 6.91. The summed E-state index contributed by atoms with van der Waals surface area (Å²) < 4.78 is 0. The van der Waals surface area contributed by atoms with Crippen molar-refractivity contribution >= 4 is 22.6 Å². The number of rotatable bonds is 2. The summed E-state index contributed by atoms with van der Waals surface area (Å²) in [7, 11) is 0. The Morgan fingerprint density at radius 3 is 1.68 bits per heavy atom. The molecule has 3 rings (SSSR count). The van der Waals surface area contributed by atoms with Crippen LogP contribution in [0.4, 0.5) is 0 Å². The third-order valence-corrected chi connectivity index (χ3v) is 4.25. The van der Waals surface area contributed by atoms with Gasteiger partial charge in [0.05, 0.1) is 6.04 Å². The molecule has 138 valence electrons. The molecule has 2 N–H and O–H groups in total. The molecule has 0 bridgehead atoms. The van der Waals surface area contributed by atoms with Crippen LogP contribution >= 0.6 is 0 Å². The van der Waals surface area contributed by atoms with Crippen LogP contribution in [-0.4, -0.2) is 39.3 Å². The van der Waals surface area contributed by atoms with E-state index in [-0.39, 0.29) is 39.0 Å². The van der Waals surface area contributed by atoms with E-state index in [2.05, 4.69) is 0 Å². The van der Waals surface area contributed by atoms with Crippen molar-refractivity contribution in [3.05, 3.63) is 47.5 Å². The molecule has 0 fully saturated rings. The molecule has 0 spiro atoms. The SMILES string of the molecule is CC(C)(C)C(C(O)O)N1C(=O)c2cccc3cccc(c23)C1=O.[Rh].[Rh]. The van der Waals surface area contributed by atoms with Gasteiger partial charge in [-0.25, -0.2) is 0 Å². The van der Waals surface area contributed by atoms with Gasteiger partial charge in [0.2, 0.25) is 0 Å². The van der Waals surface area contributed by atoms with Crippen molar-refractivity contribution in [3.8, 4) is 0 Å². The second-order valence-electron chi connectivity index (χ2n) is 6.91. The molecule has 5 nitrogen and oxygen atoms in total. The molecule has 0 saturated carbocycles. The first kappa shape index (κ1) is 22.0. The number of amides is 2. The Bertz CT molecular complexity index is 764. The molecular weight excluding hydrogens is 500 g/mol. The Morgan fingerprint density at radius 2 is 1.32 bits per heavy atom. The zero-order valence-electron chi connectivity index (χ0n) is 13.9. The van der Waals surface area contributed by atoms with Gasteiger partial charge >= 0.3 is 0 Å². The van der Waals surface area contributed by atoms with Gasteiger partial charge in [-0.2, -0.15) is 0 Å². The Kier molecular flexibility index (Phi) is 6.80. The van der Waals surface area contributed by atoms with E-state index < -0.39 is 29.6 Å². The number of nitrogens with zero attached hydrogens (tertiary/aromatic N) is 1. The van der Waals surface area contributed by atoms with Crippen LogP contribution < -0.4 is 0 Å². The van der Waals surface area contributed by atoms with E-state index in [1.807, 2.05) is 12.1 Å². The normalized spacial score (nSPS) is 15.0. The Morgan fingerprint density at radius 1 is 0.880 bits per heavy atom. The van der Waals surface area contributed by atoms with Gasteiger partial charge in [-0.3, -0.25) is 14.5 Å². The molecule has 0 saturated heterocycles. The van der Waals surface area contributed by atoms with Gasteiger partial charge in [0.15, 0.2) is 6.29 Å². The quantitative estimate of drug-likeness (QED) is 0.363. The molecule has 1 heterocycles. The maximum absolute atomic E-state index is 12.9. The standard InChI is InChI=1S/C18H19NO4.2Rh/c1-18(2,3)14(17(22)23)19-15(20)11-8-4-6-10-7-5-9-12(13(10)11)16(19)21;;/h4-9,14,17,22-23H,1-3H3;;. The monoisotopic (exact) mass is 519 g/mol. The van der Waals surface area contributed by atoms with E-state index in [9.17, 15) is 19.8 Å². The van der Waals surface area contributed by atoms with E-state index in [4.69, 9.17) is 0 Å². The summed E-state index contributed by atoms with van der Waals surface area (Å²) in [6, 6.07) is 9.50. The summed E-state index contributed by atoms with van der Waals surface area (Å²) in [5, 5.41) is 21.0. The summed E-state index contributed by atoms with van der Waals surface area (Å²) >= 11 is 0. The molecule has 25 heavy (non-hydrogen) atoms. The molecule has 2 aromatic carbocycles. The zero-order valence-corrected chi connectivity index (χ0v) is 17.2. The van der Waals surface area contributed by atoms with Crippen LogP contribution in [0.5, 0.6) is 0 Å². The maximum atomic E-state index is 12.9. The van der Waals surface area contributed by atoms with Crippen LogP contribution in [0, 0.1) is 5.41 Å². The van der Waals surface area contributed by atoms with E-state index in [1.54, 1.807) is 45.0 Å². The number of imide groups is 1. The number of benzene rings is 2. The van der Waals surface area contributed by atoms with Crippen molar-refractivity contribution in [2.75, 3.05) is 0 Å². The second kappa shape index (κ2) is 7.71. The van der Waals surface area contributed by atoms with Crippen molar-refractivity contribution in [2.24, 2.45) is 5.41 Å². The van der Waals surface area contributed by atoms with Gasteiger partial charge in [0.25, 0.3) is 11.8 Å². The fourth-order valence-corrected chi connectivity index (χ4v) is 3.27. The maximum Gasteiger partial charge on any atom is 0.261 e. The van der Waals surface area contributed by atoms with Gasteiger partial charge in [-0.15, -0.1) is 0 Å². The summed E-state index contributed by atoms with van der Waals surface area (Å²) in [5.74, 6) is -0.986. The average Bonchev–Trinajstić information content (AvgIpc) is 2.47. The van der Waals surface area contributed by atoms with Crippen LogP contribution in [-0.2, 0) is 39.0 Å². The van der Waals surface area contributed by atoms with Crippen molar-refractivity contribution in [3.63, 3.8) is 0 Å². The van der Waals surface area contributed by atoms with Crippen molar-refractivity contribution in [1.82, 2.24) is 4.90 Å². The van der Waals surface area contributed by atoms with Gasteiger partial charge in [-0.05, 0) is 22.9 Å². The Balaban J connectivity index is 0.00000156. The fourth-order valence-electron chi connectivity index (χ4n) is 3.27. The van der Waals surface area contributed by atoms with Crippen LogP contribution in [0.1, 0.15) is 41.5 Å². The fraction of sp³-hybridized carbons (Fsp3) is 0.333. The minimum atomic E-state index is -1.81. The Hall–Kier alpha value is -0.993. The molecule has 7 heteroatoms. The molecular formula is C18H19NO4Rh2. The summed E-state index contributed by atoms with van der Waals surface area (Å²) in [5.41, 5.74) is 0.139.